The average Bonchev–Trinajstić information content (AvgIpc) is 3.09. The Morgan fingerprint density at radius 1 is 0.966 bits per heavy atom. The van der Waals surface area contributed by atoms with Crippen LogP contribution in [0.1, 0.15) is 26.3 Å². The van der Waals surface area contributed by atoms with Gasteiger partial charge in [0.15, 0.2) is 0 Å². The minimum absolute atomic E-state index is 0.00696. The van der Waals surface area contributed by atoms with Crippen LogP contribution in [0.25, 0.3) is 33.1 Å². The molecule has 6 nitrogen and oxygen atoms in total. The molecule has 0 aliphatic rings. The molecule has 0 aliphatic heterocycles. The molecule has 0 saturated carbocycles. The molecule has 3 N–H and O–H groups in total. The van der Waals surface area contributed by atoms with Crippen LogP contribution in [0.2, 0.25) is 0 Å². The van der Waals surface area contributed by atoms with Gasteiger partial charge in [0.2, 0.25) is 0 Å². The molecular weight excluding hydrogens is 368 g/mol. The molecule has 2 heterocycles. The van der Waals surface area contributed by atoms with E-state index < -0.39 is 0 Å². The van der Waals surface area contributed by atoms with Gasteiger partial charge in [0.05, 0.1) is 17.9 Å². The van der Waals surface area contributed by atoms with Crippen LogP contribution in [0, 0.1) is 0 Å². The number of aliphatic hydroxyl groups excluding tert-OH is 1. The van der Waals surface area contributed by atoms with Gasteiger partial charge in [0, 0.05) is 16.4 Å². The number of benzene rings is 2. The van der Waals surface area contributed by atoms with Gasteiger partial charge in [-0.1, -0.05) is 24.3 Å². The predicted octanol–water partition coefficient (Wildman–Crippen LogP) is 4.13. The monoisotopic (exact) mass is 392 g/mol. The van der Waals surface area contributed by atoms with Crippen LogP contribution in [0.4, 0.5) is 0 Å². The molecule has 0 spiro atoms. The molecular formula is C23H24N2O4. The molecule has 150 valence electrons. The quantitative estimate of drug-likeness (QED) is 0.457. The summed E-state index contributed by atoms with van der Waals surface area (Å²) in [5, 5.41) is 11.2. The molecule has 4 aromatic rings. The van der Waals surface area contributed by atoms with E-state index in [1.807, 2.05) is 75.4 Å². The van der Waals surface area contributed by atoms with Gasteiger partial charge in [-0.15, -0.1) is 0 Å². The van der Waals surface area contributed by atoms with Gasteiger partial charge in [0.1, 0.15) is 5.60 Å². The number of carbonyl (C=O) groups is 1. The number of pyridine rings is 1. The lowest BCUT2D eigenvalue weighted by Gasteiger charge is -2.14. The SMILES string of the molecule is CC(C)(C)OC=O.O=c1[nH]c2ccccc2cc1-c1cc2cc(CO)ccc2[nH]1. The number of para-hydroxylation sites is 1. The number of ether oxygens (including phenoxy) is 1. The Morgan fingerprint density at radius 3 is 2.34 bits per heavy atom. The smallest absolute Gasteiger partial charge is 0.293 e. The van der Waals surface area contributed by atoms with E-state index in [1.165, 1.54) is 0 Å². The van der Waals surface area contributed by atoms with Crippen molar-refractivity contribution in [2.45, 2.75) is 33.0 Å². The first-order chi connectivity index (χ1) is 13.8. The van der Waals surface area contributed by atoms with E-state index in [2.05, 4.69) is 14.7 Å². The van der Waals surface area contributed by atoms with Gasteiger partial charge in [-0.2, -0.15) is 0 Å². The molecule has 0 fully saturated rings. The molecule has 0 aliphatic carbocycles. The van der Waals surface area contributed by atoms with Crippen molar-refractivity contribution < 1.29 is 14.6 Å². The highest BCUT2D eigenvalue weighted by Crippen LogP contribution is 2.24. The Kier molecular flexibility index (Phi) is 5.84. The number of aromatic nitrogens is 2. The Labute approximate surface area is 168 Å². The molecule has 0 unspecified atom stereocenters. The van der Waals surface area contributed by atoms with E-state index in [9.17, 15) is 14.7 Å². The molecule has 0 amide bonds. The van der Waals surface area contributed by atoms with Crippen LogP contribution in [-0.2, 0) is 16.1 Å². The highest BCUT2D eigenvalue weighted by molar-refractivity contribution is 5.89. The first-order valence-corrected chi connectivity index (χ1v) is 9.27. The van der Waals surface area contributed by atoms with E-state index in [-0.39, 0.29) is 17.8 Å². The Hall–Kier alpha value is -3.38. The summed E-state index contributed by atoms with van der Waals surface area (Å²) in [6, 6.07) is 17.2. The molecule has 29 heavy (non-hydrogen) atoms. The Balaban J connectivity index is 0.000000298. The first-order valence-electron chi connectivity index (χ1n) is 9.27. The number of rotatable bonds is 3. The normalized spacial score (nSPS) is 11.2. The van der Waals surface area contributed by atoms with Gasteiger partial charge >= 0.3 is 0 Å². The second-order valence-electron chi connectivity index (χ2n) is 7.69. The van der Waals surface area contributed by atoms with Crippen LogP contribution in [0.15, 0.2) is 59.4 Å². The predicted molar refractivity (Wildman–Crippen MR) is 115 cm³/mol. The maximum Gasteiger partial charge on any atom is 0.293 e. The van der Waals surface area contributed by atoms with Gasteiger partial charge in [-0.05, 0) is 62.1 Å². The zero-order valence-corrected chi connectivity index (χ0v) is 16.7. The third-order valence-electron chi connectivity index (χ3n) is 4.31. The molecule has 0 saturated heterocycles. The number of carbonyl (C=O) groups excluding carboxylic acids is 1. The lowest BCUT2D eigenvalue weighted by molar-refractivity contribution is -0.138. The summed E-state index contributed by atoms with van der Waals surface area (Å²) in [5.41, 5.74) is 3.58. The Bertz CT molecular complexity index is 1200. The summed E-state index contributed by atoms with van der Waals surface area (Å²) in [6.07, 6.45) is 0. The summed E-state index contributed by atoms with van der Waals surface area (Å²) in [4.78, 5) is 28.1. The number of H-pyrrole nitrogens is 2. The van der Waals surface area contributed by atoms with Gasteiger partial charge in [0.25, 0.3) is 12.0 Å². The van der Waals surface area contributed by atoms with E-state index in [0.29, 0.717) is 12.0 Å². The molecule has 6 heteroatoms. The van der Waals surface area contributed by atoms with Crippen LogP contribution < -0.4 is 5.56 Å². The zero-order chi connectivity index (χ0) is 21.0. The molecule has 2 aromatic heterocycles. The maximum atomic E-state index is 12.3. The van der Waals surface area contributed by atoms with E-state index in [1.54, 1.807) is 0 Å². The number of aromatic amines is 2. The fourth-order valence-electron chi connectivity index (χ4n) is 2.92. The second kappa shape index (κ2) is 8.32. The first kappa shape index (κ1) is 20.4. The molecule has 4 rings (SSSR count). The average molecular weight is 392 g/mol. The molecule has 2 aromatic carbocycles. The topological polar surface area (TPSA) is 95.2 Å². The van der Waals surface area contributed by atoms with E-state index in [4.69, 9.17) is 0 Å². The van der Waals surface area contributed by atoms with Crippen LogP contribution in [0.5, 0.6) is 0 Å². The van der Waals surface area contributed by atoms with Crippen LogP contribution in [-0.4, -0.2) is 27.1 Å². The van der Waals surface area contributed by atoms with E-state index in [0.717, 1.165) is 33.1 Å². The summed E-state index contributed by atoms with van der Waals surface area (Å²) in [6.45, 7) is 5.93. The number of fused-ring (bicyclic) bond motifs is 2. The van der Waals surface area contributed by atoms with Crippen molar-refractivity contribution in [3.63, 3.8) is 0 Å². The zero-order valence-electron chi connectivity index (χ0n) is 16.7. The molecule has 0 atom stereocenters. The summed E-state index contributed by atoms with van der Waals surface area (Å²) >= 11 is 0. The summed E-state index contributed by atoms with van der Waals surface area (Å²) < 4.78 is 4.55. The summed E-state index contributed by atoms with van der Waals surface area (Å²) in [7, 11) is 0. The largest absolute Gasteiger partial charge is 0.462 e. The minimum Gasteiger partial charge on any atom is -0.462 e. The lowest BCUT2D eigenvalue weighted by Crippen LogP contribution is -2.17. The van der Waals surface area contributed by atoms with Gasteiger partial charge in [-0.3, -0.25) is 9.59 Å². The van der Waals surface area contributed by atoms with Crippen molar-refractivity contribution in [2.24, 2.45) is 0 Å². The van der Waals surface area contributed by atoms with Crippen molar-refractivity contribution in [3.05, 3.63) is 70.5 Å². The number of aliphatic hydroxyl groups is 1. The maximum absolute atomic E-state index is 12.3. The highest BCUT2D eigenvalue weighted by atomic mass is 16.5. The van der Waals surface area contributed by atoms with Crippen LogP contribution in [0.3, 0.4) is 0 Å². The fraction of sp³-hybridized carbons (Fsp3) is 0.217. The van der Waals surface area contributed by atoms with Gasteiger partial charge in [-0.25, -0.2) is 0 Å². The minimum atomic E-state index is -0.318. The standard InChI is InChI=1S/C18H14N2O2.C5H10O2/c21-10-11-5-6-16-13(7-11)9-17(19-16)14-8-12-3-1-2-4-15(12)20-18(14)22;1-5(2,3)7-4-6/h1-9,19,21H,10H2,(H,20,22);4H,1-3H3. The van der Waals surface area contributed by atoms with Crippen molar-refractivity contribution in [1.29, 1.82) is 0 Å². The van der Waals surface area contributed by atoms with Crippen molar-refractivity contribution in [2.75, 3.05) is 0 Å². The second-order valence-corrected chi connectivity index (χ2v) is 7.69. The van der Waals surface area contributed by atoms with Crippen molar-refractivity contribution in [1.82, 2.24) is 9.97 Å². The van der Waals surface area contributed by atoms with Crippen molar-refractivity contribution in [3.8, 4) is 11.3 Å². The Morgan fingerprint density at radius 2 is 1.69 bits per heavy atom. The van der Waals surface area contributed by atoms with Gasteiger partial charge < -0.3 is 19.8 Å². The third-order valence-corrected chi connectivity index (χ3v) is 4.31. The lowest BCUT2D eigenvalue weighted by atomic mass is 10.1. The fourth-order valence-corrected chi connectivity index (χ4v) is 2.92. The highest BCUT2D eigenvalue weighted by Gasteiger charge is 2.09. The number of hydrogen-bond acceptors (Lipinski definition) is 4. The summed E-state index contributed by atoms with van der Waals surface area (Å²) in [5.74, 6) is 0. The molecule has 0 radical (unpaired) electrons. The van der Waals surface area contributed by atoms with Crippen LogP contribution >= 0.6 is 0 Å². The third kappa shape index (κ3) is 4.92. The number of nitrogens with one attached hydrogen (secondary N) is 2. The van der Waals surface area contributed by atoms with Crippen molar-refractivity contribution >= 4 is 28.3 Å². The van der Waals surface area contributed by atoms with E-state index >= 15 is 0 Å². The number of hydrogen-bond donors (Lipinski definition) is 3. The molecule has 0 bridgehead atoms.